The second-order valence-electron chi connectivity index (χ2n) is 6.73. The Morgan fingerprint density at radius 2 is 1.76 bits per heavy atom. The highest BCUT2D eigenvalue weighted by atomic mass is 19.1. The highest BCUT2D eigenvalue weighted by molar-refractivity contribution is 5.94. The zero-order chi connectivity index (χ0) is 20.1. The summed E-state index contributed by atoms with van der Waals surface area (Å²) in [6.45, 7) is 3.44. The van der Waals surface area contributed by atoms with Crippen LogP contribution in [0.15, 0.2) is 60.9 Å². The molecule has 6 nitrogen and oxygen atoms in total. The van der Waals surface area contributed by atoms with Crippen molar-refractivity contribution in [1.82, 2.24) is 15.3 Å². The zero-order valence-electron chi connectivity index (χ0n) is 15.8. The molecular formula is C22H21FN4O2. The van der Waals surface area contributed by atoms with Crippen LogP contribution >= 0.6 is 0 Å². The Morgan fingerprint density at radius 3 is 2.48 bits per heavy atom. The molecule has 2 heterocycles. The van der Waals surface area contributed by atoms with E-state index in [2.05, 4.69) is 20.2 Å². The highest BCUT2D eigenvalue weighted by Gasteiger charge is 2.12. The van der Waals surface area contributed by atoms with Gasteiger partial charge in [-0.2, -0.15) is 0 Å². The van der Waals surface area contributed by atoms with Gasteiger partial charge >= 0.3 is 0 Å². The number of halogens is 1. The monoisotopic (exact) mass is 392 g/mol. The number of ether oxygens (including phenoxy) is 1. The van der Waals surface area contributed by atoms with Crippen molar-refractivity contribution in [1.29, 1.82) is 0 Å². The van der Waals surface area contributed by atoms with Crippen molar-refractivity contribution >= 4 is 11.6 Å². The van der Waals surface area contributed by atoms with E-state index in [9.17, 15) is 9.18 Å². The molecule has 1 aliphatic heterocycles. The van der Waals surface area contributed by atoms with Gasteiger partial charge in [0.05, 0.1) is 31.1 Å². The highest BCUT2D eigenvalue weighted by Crippen LogP contribution is 2.18. The van der Waals surface area contributed by atoms with Gasteiger partial charge in [-0.15, -0.1) is 0 Å². The van der Waals surface area contributed by atoms with Gasteiger partial charge in [0.15, 0.2) is 0 Å². The average Bonchev–Trinajstić information content (AvgIpc) is 2.79. The maximum Gasteiger partial charge on any atom is 0.251 e. The quantitative estimate of drug-likeness (QED) is 0.723. The molecule has 7 heteroatoms. The molecule has 148 valence electrons. The Kier molecular flexibility index (Phi) is 5.76. The molecule has 3 aromatic rings. The van der Waals surface area contributed by atoms with Crippen LogP contribution in [0.3, 0.4) is 0 Å². The predicted molar refractivity (Wildman–Crippen MR) is 108 cm³/mol. The smallest absolute Gasteiger partial charge is 0.251 e. The number of carbonyl (C=O) groups is 1. The Morgan fingerprint density at radius 1 is 1.03 bits per heavy atom. The molecule has 0 bridgehead atoms. The van der Waals surface area contributed by atoms with E-state index in [1.54, 1.807) is 18.2 Å². The van der Waals surface area contributed by atoms with E-state index < -0.39 is 0 Å². The van der Waals surface area contributed by atoms with Gasteiger partial charge in [0.2, 0.25) is 0 Å². The second-order valence-corrected chi connectivity index (χ2v) is 6.73. The summed E-state index contributed by atoms with van der Waals surface area (Å²) in [5.74, 6) is -0.463. The molecule has 1 N–H and O–H groups in total. The molecule has 1 aliphatic rings. The number of hydrogen-bond acceptors (Lipinski definition) is 5. The first-order valence-corrected chi connectivity index (χ1v) is 9.47. The van der Waals surface area contributed by atoms with Gasteiger partial charge in [-0.25, -0.2) is 14.4 Å². The van der Waals surface area contributed by atoms with Crippen molar-refractivity contribution in [2.75, 3.05) is 31.2 Å². The Labute approximate surface area is 168 Å². The van der Waals surface area contributed by atoms with Crippen molar-refractivity contribution in [2.24, 2.45) is 0 Å². The summed E-state index contributed by atoms with van der Waals surface area (Å²) in [7, 11) is 0. The van der Waals surface area contributed by atoms with E-state index in [-0.39, 0.29) is 18.3 Å². The molecule has 0 radical (unpaired) electrons. The van der Waals surface area contributed by atoms with Crippen molar-refractivity contribution in [3.05, 3.63) is 78.0 Å². The van der Waals surface area contributed by atoms with E-state index in [1.807, 2.05) is 24.3 Å². The largest absolute Gasteiger partial charge is 0.378 e. The maximum atomic E-state index is 13.1. The molecule has 1 aromatic heterocycles. The molecule has 2 aromatic carbocycles. The minimum atomic E-state index is -0.296. The Balaban J connectivity index is 1.38. The lowest BCUT2D eigenvalue weighted by molar-refractivity contribution is 0.0950. The van der Waals surface area contributed by atoms with E-state index in [0.717, 1.165) is 37.6 Å². The molecule has 0 unspecified atom stereocenters. The van der Waals surface area contributed by atoms with Crippen molar-refractivity contribution in [3.63, 3.8) is 0 Å². The summed E-state index contributed by atoms with van der Waals surface area (Å²) < 4.78 is 18.5. The number of benzene rings is 2. The molecule has 0 aliphatic carbocycles. The number of anilines is 1. The first-order valence-electron chi connectivity index (χ1n) is 9.47. The van der Waals surface area contributed by atoms with Crippen molar-refractivity contribution in [2.45, 2.75) is 6.54 Å². The molecule has 0 atom stereocenters. The third-order valence-corrected chi connectivity index (χ3v) is 4.80. The molecule has 1 fully saturated rings. The summed E-state index contributed by atoms with van der Waals surface area (Å²) in [6, 6.07) is 15.4. The number of aromatic nitrogens is 2. The van der Waals surface area contributed by atoms with Crippen LogP contribution in [-0.2, 0) is 11.3 Å². The number of carbonyl (C=O) groups excluding carboxylic acids is 1. The van der Waals surface area contributed by atoms with Gasteiger partial charge in [0.1, 0.15) is 12.1 Å². The van der Waals surface area contributed by atoms with Crippen LogP contribution in [0.2, 0.25) is 0 Å². The molecule has 0 spiro atoms. The first-order chi connectivity index (χ1) is 14.2. The standard InChI is InChI=1S/C22H21FN4O2/c23-18-5-1-16(2-6-18)21-13-19(25-15-26-21)14-24-22(28)17-3-7-20(8-4-17)27-9-11-29-12-10-27/h1-8,13,15H,9-12,14H2,(H,24,28). The van der Waals surface area contributed by atoms with Crippen molar-refractivity contribution in [3.8, 4) is 11.3 Å². The predicted octanol–water partition coefficient (Wildman–Crippen LogP) is 3.05. The normalized spacial score (nSPS) is 13.9. The lowest BCUT2D eigenvalue weighted by Gasteiger charge is -2.28. The third kappa shape index (κ3) is 4.75. The summed E-state index contributed by atoms with van der Waals surface area (Å²) in [6.07, 6.45) is 1.44. The van der Waals surface area contributed by atoms with Crippen LogP contribution in [0, 0.1) is 5.82 Å². The van der Waals surface area contributed by atoms with Gasteiger partial charge in [-0.1, -0.05) is 0 Å². The zero-order valence-corrected chi connectivity index (χ0v) is 15.8. The molecule has 4 rings (SSSR count). The minimum Gasteiger partial charge on any atom is -0.378 e. The average molecular weight is 392 g/mol. The van der Waals surface area contributed by atoms with E-state index >= 15 is 0 Å². The minimum absolute atomic E-state index is 0.166. The molecule has 1 amide bonds. The summed E-state index contributed by atoms with van der Waals surface area (Å²) >= 11 is 0. The molecular weight excluding hydrogens is 371 g/mol. The fourth-order valence-corrected chi connectivity index (χ4v) is 3.19. The lowest BCUT2D eigenvalue weighted by Crippen LogP contribution is -2.36. The Hall–Kier alpha value is -3.32. The molecule has 1 saturated heterocycles. The van der Waals surface area contributed by atoms with Gasteiger partial charge in [0.25, 0.3) is 5.91 Å². The third-order valence-electron chi connectivity index (χ3n) is 4.80. The van der Waals surface area contributed by atoms with Gasteiger partial charge < -0.3 is 15.0 Å². The van der Waals surface area contributed by atoms with Crippen molar-refractivity contribution < 1.29 is 13.9 Å². The van der Waals surface area contributed by atoms with Crippen LogP contribution in [0.5, 0.6) is 0 Å². The van der Waals surface area contributed by atoms with Crippen LogP contribution < -0.4 is 10.2 Å². The van der Waals surface area contributed by atoms with Gasteiger partial charge in [-0.05, 0) is 54.6 Å². The second kappa shape index (κ2) is 8.79. The first kappa shape index (κ1) is 19.0. The van der Waals surface area contributed by atoms with Gasteiger partial charge in [0, 0.05) is 29.9 Å². The van der Waals surface area contributed by atoms with Crippen LogP contribution in [0.1, 0.15) is 16.1 Å². The molecule has 0 saturated carbocycles. The summed E-state index contributed by atoms with van der Waals surface area (Å²) in [5.41, 5.74) is 3.83. The fraction of sp³-hybridized carbons (Fsp3) is 0.227. The number of morpholine rings is 1. The van der Waals surface area contributed by atoms with Crippen LogP contribution in [0.25, 0.3) is 11.3 Å². The number of rotatable bonds is 5. The van der Waals surface area contributed by atoms with Gasteiger partial charge in [-0.3, -0.25) is 4.79 Å². The maximum absolute atomic E-state index is 13.1. The van der Waals surface area contributed by atoms with Crippen LogP contribution in [0.4, 0.5) is 10.1 Å². The van der Waals surface area contributed by atoms with E-state index in [1.165, 1.54) is 18.5 Å². The summed E-state index contributed by atoms with van der Waals surface area (Å²) in [5, 5.41) is 2.88. The lowest BCUT2D eigenvalue weighted by atomic mass is 10.1. The topological polar surface area (TPSA) is 67.4 Å². The number of hydrogen-bond donors (Lipinski definition) is 1. The SMILES string of the molecule is O=C(NCc1cc(-c2ccc(F)cc2)ncn1)c1ccc(N2CCOCC2)cc1. The number of amides is 1. The Bertz CT molecular complexity index is 971. The fourth-order valence-electron chi connectivity index (χ4n) is 3.19. The molecule has 29 heavy (non-hydrogen) atoms. The summed E-state index contributed by atoms with van der Waals surface area (Å²) in [4.78, 5) is 23.1. The van der Waals surface area contributed by atoms with E-state index in [4.69, 9.17) is 4.74 Å². The van der Waals surface area contributed by atoms with E-state index in [0.29, 0.717) is 17.0 Å². The number of nitrogens with one attached hydrogen (secondary N) is 1. The van der Waals surface area contributed by atoms with Crippen LogP contribution in [-0.4, -0.2) is 42.2 Å². The number of nitrogens with zero attached hydrogens (tertiary/aromatic N) is 3.